The van der Waals surface area contributed by atoms with Crippen molar-refractivity contribution >= 4 is 17.3 Å². The number of hydrazine groups is 1. The maximum Gasteiger partial charge on any atom is 0.119 e. The minimum Gasteiger partial charge on any atom is -0.497 e. The highest BCUT2D eigenvalue weighted by Crippen LogP contribution is 2.33. The van der Waals surface area contributed by atoms with E-state index in [4.69, 9.17) is 21.1 Å². The Bertz CT molecular complexity index is 973. The van der Waals surface area contributed by atoms with Crippen LogP contribution in [0.2, 0.25) is 5.02 Å². The lowest BCUT2D eigenvalue weighted by Gasteiger charge is -2.31. The van der Waals surface area contributed by atoms with E-state index in [1.807, 2.05) is 31.2 Å². The molecule has 0 aliphatic carbocycles. The van der Waals surface area contributed by atoms with Gasteiger partial charge in [-0.25, -0.2) is 0 Å². The molecule has 0 radical (unpaired) electrons. The summed E-state index contributed by atoms with van der Waals surface area (Å²) in [6.07, 6.45) is 4.16. The Morgan fingerprint density at radius 2 is 2.00 bits per heavy atom. The van der Waals surface area contributed by atoms with Crippen molar-refractivity contribution in [2.24, 2.45) is 0 Å². The summed E-state index contributed by atoms with van der Waals surface area (Å²) in [4.78, 5) is 2.49. The molecule has 0 bridgehead atoms. The van der Waals surface area contributed by atoms with Crippen molar-refractivity contribution in [3.63, 3.8) is 0 Å². The number of rotatable bonds is 9. The predicted molar refractivity (Wildman–Crippen MR) is 126 cm³/mol. The minimum absolute atomic E-state index is 0.742. The van der Waals surface area contributed by atoms with Gasteiger partial charge in [0.15, 0.2) is 0 Å². The number of methoxy groups -OCH3 is 1. The summed E-state index contributed by atoms with van der Waals surface area (Å²) in [6.45, 7) is 6.26. The largest absolute Gasteiger partial charge is 0.497 e. The van der Waals surface area contributed by atoms with Crippen LogP contribution in [-0.2, 0) is 11.2 Å². The first-order chi connectivity index (χ1) is 15.2. The minimum atomic E-state index is 0.742. The van der Waals surface area contributed by atoms with E-state index in [0.29, 0.717) is 0 Å². The molecule has 0 spiro atoms. The molecule has 1 N–H and O–H groups in total. The van der Waals surface area contributed by atoms with Gasteiger partial charge in [0.2, 0.25) is 0 Å². The fourth-order valence-corrected chi connectivity index (χ4v) is 4.32. The molecule has 0 unspecified atom stereocenters. The lowest BCUT2D eigenvalue weighted by molar-refractivity contribution is 0.137. The fourth-order valence-electron chi connectivity index (χ4n) is 4.14. The molecule has 0 atom stereocenters. The van der Waals surface area contributed by atoms with Crippen molar-refractivity contribution in [1.82, 2.24) is 10.3 Å². The molecular weight excluding hydrogens is 410 g/mol. The zero-order valence-corrected chi connectivity index (χ0v) is 19.0. The predicted octanol–water partition coefficient (Wildman–Crippen LogP) is 4.80. The van der Waals surface area contributed by atoms with Crippen molar-refractivity contribution in [3.8, 4) is 5.75 Å². The van der Waals surface area contributed by atoms with Gasteiger partial charge >= 0.3 is 0 Å². The summed E-state index contributed by atoms with van der Waals surface area (Å²) in [6, 6.07) is 16.3. The van der Waals surface area contributed by atoms with Gasteiger partial charge in [-0.2, -0.15) is 0 Å². The molecular formula is C25H30ClN3O2. The summed E-state index contributed by atoms with van der Waals surface area (Å²) in [7, 11) is 1.71. The van der Waals surface area contributed by atoms with Gasteiger partial charge in [-0.05, 0) is 55.3 Å². The Labute approximate surface area is 189 Å². The highest BCUT2D eigenvalue weighted by molar-refractivity contribution is 6.30. The first kappa shape index (κ1) is 21.6. The van der Waals surface area contributed by atoms with Crippen LogP contribution in [0.4, 0.5) is 5.69 Å². The van der Waals surface area contributed by atoms with Gasteiger partial charge in [0.05, 0.1) is 25.0 Å². The lowest BCUT2D eigenvalue weighted by Crippen LogP contribution is -2.31. The van der Waals surface area contributed by atoms with Crippen LogP contribution in [-0.4, -0.2) is 44.9 Å². The Kier molecular flexibility index (Phi) is 7.05. The van der Waals surface area contributed by atoms with Gasteiger partial charge < -0.3 is 14.4 Å². The molecule has 2 aromatic rings. The van der Waals surface area contributed by atoms with E-state index >= 15 is 0 Å². The summed E-state index contributed by atoms with van der Waals surface area (Å²) in [5.74, 6) is 0.891. The highest BCUT2D eigenvalue weighted by Gasteiger charge is 2.30. The van der Waals surface area contributed by atoms with E-state index in [2.05, 4.69) is 45.7 Å². The van der Waals surface area contributed by atoms with Crippen LogP contribution in [0.15, 0.2) is 71.6 Å². The second kappa shape index (κ2) is 10.1. The molecule has 31 heavy (non-hydrogen) atoms. The normalized spacial score (nSPS) is 15.6. The third-order valence-corrected chi connectivity index (χ3v) is 5.92. The van der Waals surface area contributed by atoms with Gasteiger partial charge in [0.1, 0.15) is 5.75 Å². The van der Waals surface area contributed by atoms with Gasteiger partial charge in [0, 0.05) is 49.0 Å². The van der Waals surface area contributed by atoms with Crippen molar-refractivity contribution < 1.29 is 9.47 Å². The number of allylic oxidation sites excluding steroid dienone is 1. The second-order valence-electron chi connectivity index (χ2n) is 7.75. The molecule has 5 nitrogen and oxygen atoms in total. The van der Waals surface area contributed by atoms with E-state index in [-0.39, 0.29) is 0 Å². The van der Waals surface area contributed by atoms with Crippen LogP contribution >= 0.6 is 11.6 Å². The third kappa shape index (κ3) is 5.17. The summed E-state index contributed by atoms with van der Waals surface area (Å²) in [5, 5.41) is 2.91. The smallest absolute Gasteiger partial charge is 0.119 e. The van der Waals surface area contributed by atoms with Crippen LogP contribution in [0.5, 0.6) is 5.75 Å². The maximum absolute atomic E-state index is 6.23. The average molecular weight is 440 g/mol. The van der Waals surface area contributed by atoms with Crippen molar-refractivity contribution in [2.45, 2.75) is 19.8 Å². The monoisotopic (exact) mass is 439 g/mol. The standard InChI is InChI=1S/C25H30ClN3O2/c1-3-31-14-6-12-28-13-11-24-23(18-29(27-24)21-9-5-8-20(26)17-21)25(28)16-19-7-4-10-22(15-19)30-2/h4-5,7-11,15,17,27H,3,6,12-14,16,18H2,1-2H3. The van der Waals surface area contributed by atoms with Gasteiger partial charge in [0.25, 0.3) is 0 Å². The molecule has 2 aromatic carbocycles. The van der Waals surface area contributed by atoms with Crippen LogP contribution in [0.25, 0.3) is 0 Å². The number of halogens is 1. The summed E-state index contributed by atoms with van der Waals surface area (Å²) in [5.41, 5.74) is 9.78. The molecule has 2 aliphatic heterocycles. The summed E-state index contributed by atoms with van der Waals surface area (Å²) < 4.78 is 11.0. The van der Waals surface area contributed by atoms with Crippen molar-refractivity contribution in [3.05, 3.63) is 82.2 Å². The quantitative estimate of drug-likeness (QED) is 0.568. The Morgan fingerprint density at radius 1 is 1.13 bits per heavy atom. The van der Waals surface area contributed by atoms with Crippen LogP contribution in [0.1, 0.15) is 18.9 Å². The third-order valence-electron chi connectivity index (χ3n) is 5.69. The summed E-state index contributed by atoms with van der Waals surface area (Å²) >= 11 is 6.23. The van der Waals surface area contributed by atoms with Crippen molar-refractivity contribution in [1.29, 1.82) is 0 Å². The lowest BCUT2D eigenvalue weighted by atomic mass is 9.99. The van der Waals surface area contributed by atoms with Crippen LogP contribution < -0.4 is 15.2 Å². The molecule has 0 aromatic heterocycles. The molecule has 0 saturated carbocycles. The van der Waals surface area contributed by atoms with E-state index in [1.165, 1.54) is 22.5 Å². The topological polar surface area (TPSA) is 37.0 Å². The number of hydrogen-bond donors (Lipinski definition) is 1. The zero-order chi connectivity index (χ0) is 21.6. The van der Waals surface area contributed by atoms with E-state index in [1.54, 1.807) is 7.11 Å². The molecule has 1 saturated heterocycles. The number of nitrogens with zero attached hydrogens (tertiary/aromatic N) is 2. The Hall–Kier alpha value is -2.63. The first-order valence-corrected chi connectivity index (χ1v) is 11.2. The molecule has 2 aliphatic rings. The Morgan fingerprint density at radius 3 is 2.81 bits per heavy atom. The molecule has 2 heterocycles. The van der Waals surface area contributed by atoms with E-state index in [0.717, 1.165) is 62.1 Å². The van der Waals surface area contributed by atoms with Gasteiger partial charge in [-0.3, -0.25) is 10.4 Å². The first-order valence-electron chi connectivity index (χ1n) is 10.9. The second-order valence-corrected chi connectivity index (χ2v) is 8.18. The number of anilines is 1. The van der Waals surface area contributed by atoms with Crippen LogP contribution in [0, 0.1) is 0 Å². The molecule has 6 heteroatoms. The van der Waals surface area contributed by atoms with E-state index in [9.17, 15) is 0 Å². The van der Waals surface area contributed by atoms with E-state index < -0.39 is 0 Å². The molecule has 1 fully saturated rings. The molecule has 164 valence electrons. The molecule has 4 rings (SSSR count). The number of ether oxygens (including phenoxy) is 2. The SMILES string of the molecule is CCOCCCN1CC=C2NN(c3cccc(Cl)c3)CC2=C1Cc1cccc(OC)c1. The fraction of sp³-hybridized carbons (Fsp3) is 0.360. The number of nitrogens with one attached hydrogen (secondary N) is 1. The average Bonchev–Trinajstić information content (AvgIpc) is 3.23. The maximum atomic E-state index is 6.23. The molecule has 0 amide bonds. The number of benzene rings is 2. The highest BCUT2D eigenvalue weighted by atomic mass is 35.5. The zero-order valence-electron chi connectivity index (χ0n) is 18.2. The number of hydrogen-bond acceptors (Lipinski definition) is 5. The van der Waals surface area contributed by atoms with Gasteiger partial charge in [-0.15, -0.1) is 0 Å². The van der Waals surface area contributed by atoms with Gasteiger partial charge in [-0.1, -0.05) is 29.8 Å². The number of fused-ring (bicyclic) bond motifs is 1. The van der Waals surface area contributed by atoms with Crippen LogP contribution in [0.3, 0.4) is 0 Å². The Balaban J connectivity index is 1.61. The van der Waals surface area contributed by atoms with Crippen molar-refractivity contribution in [2.75, 3.05) is 45.0 Å².